The van der Waals surface area contributed by atoms with Gasteiger partial charge in [-0.25, -0.2) is 0 Å². The van der Waals surface area contributed by atoms with E-state index < -0.39 is 11.7 Å². The summed E-state index contributed by atoms with van der Waals surface area (Å²) in [5.74, 6) is 0.297. The van der Waals surface area contributed by atoms with E-state index in [1.807, 2.05) is 0 Å². The summed E-state index contributed by atoms with van der Waals surface area (Å²) in [5, 5.41) is 15.7. The van der Waals surface area contributed by atoms with E-state index in [9.17, 15) is 13.2 Å². The molecule has 0 aliphatic carbocycles. The Morgan fingerprint density at radius 1 is 1.00 bits per heavy atom. The highest BCUT2D eigenvalue weighted by Crippen LogP contribution is 2.30. The van der Waals surface area contributed by atoms with E-state index in [1.165, 1.54) is 24.3 Å². The largest absolute Gasteiger partial charge is 0.438 e. The lowest BCUT2D eigenvalue weighted by Gasteiger charge is -2.07. The van der Waals surface area contributed by atoms with Crippen molar-refractivity contribution >= 4 is 0 Å². The van der Waals surface area contributed by atoms with E-state index in [0.717, 1.165) is 12.1 Å². The van der Waals surface area contributed by atoms with Crippen molar-refractivity contribution in [1.82, 2.24) is 10.2 Å². The first-order valence-corrected chi connectivity index (χ1v) is 5.08. The Hall–Kier alpha value is -2.62. The molecule has 0 aliphatic heterocycles. The zero-order valence-electron chi connectivity index (χ0n) is 9.35. The monoisotopic (exact) mass is 265 g/mol. The Morgan fingerprint density at radius 2 is 1.68 bits per heavy atom. The summed E-state index contributed by atoms with van der Waals surface area (Å²) in [7, 11) is 0. The van der Waals surface area contributed by atoms with Gasteiger partial charge in [0.05, 0.1) is 5.56 Å². The maximum absolute atomic E-state index is 12.3. The second kappa shape index (κ2) is 4.94. The summed E-state index contributed by atoms with van der Waals surface area (Å²) in [6, 6.07) is 8.77. The van der Waals surface area contributed by atoms with Crippen LogP contribution in [0.25, 0.3) is 0 Å². The van der Waals surface area contributed by atoms with Gasteiger partial charge in [-0.05, 0) is 30.3 Å². The lowest BCUT2D eigenvalue weighted by atomic mass is 10.2. The number of nitrogens with zero attached hydrogens (tertiary/aromatic N) is 3. The minimum atomic E-state index is -4.38. The Bertz CT molecular complexity index is 600. The highest BCUT2D eigenvalue weighted by atomic mass is 19.4. The van der Waals surface area contributed by atoms with Gasteiger partial charge in [0, 0.05) is 6.07 Å². The number of rotatable bonds is 2. The fourth-order valence-electron chi connectivity index (χ4n) is 1.27. The molecular formula is C12H6F3N3O. The number of ether oxygens (including phenoxy) is 1. The van der Waals surface area contributed by atoms with E-state index in [4.69, 9.17) is 10.00 Å². The predicted molar refractivity (Wildman–Crippen MR) is 58.3 cm³/mol. The molecule has 2 aromatic rings. The first-order valence-electron chi connectivity index (χ1n) is 5.08. The molecule has 0 atom stereocenters. The van der Waals surface area contributed by atoms with Crippen molar-refractivity contribution in [2.24, 2.45) is 0 Å². The van der Waals surface area contributed by atoms with Crippen molar-refractivity contribution in [2.75, 3.05) is 0 Å². The van der Waals surface area contributed by atoms with Gasteiger partial charge in [-0.2, -0.15) is 18.4 Å². The Morgan fingerprint density at radius 3 is 2.16 bits per heavy atom. The maximum atomic E-state index is 12.3. The molecule has 0 bridgehead atoms. The van der Waals surface area contributed by atoms with Crippen LogP contribution in [-0.4, -0.2) is 10.2 Å². The Labute approximate surface area is 106 Å². The van der Waals surface area contributed by atoms with E-state index in [1.54, 1.807) is 6.07 Å². The molecule has 0 aliphatic rings. The van der Waals surface area contributed by atoms with Crippen molar-refractivity contribution in [3.63, 3.8) is 0 Å². The normalized spacial score (nSPS) is 10.8. The third kappa shape index (κ3) is 3.19. The number of halogens is 3. The summed E-state index contributed by atoms with van der Waals surface area (Å²) >= 11 is 0. The quantitative estimate of drug-likeness (QED) is 0.836. The highest BCUT2D eigenvalue weighted by Gasteiger charge is 2.30. The van der Waals surface area contributed by atoms with Crippen LogP contribution >= 0.6 is 0 Å². The summed E-state index contributed by atoms with van der Waals surface area (Å²) in [6.45, 7) is 0. The summed E-state index contributed by atoms with van der Waals surface area (Å²) < 4.78 is 42.2. The van der Waals surface area contributed by atoms with Crippen molar-refractivity contribution in [3.05, 3.63) is 47.7 Å². The van der Waals surface area contributed by atoms with Crippen molar-refractivity contribution in [3.8, 4) is 17.7 Å². The summed E-state index contributed by atoms with van der Waals surface area (Å²) in [4.78, 5) is 0. The zero-order valence-corrected chi connectivity index (χ0v) is 9.35. The molecule has 0 N–H and O–H groups in total. The molecule has 1 aromatic heterocycles. The molecule has 19 heavy (non-hydrogen) atoms. The van der Waals surface area contributed by atoms with E-state index in [2.05, 4.69) is 10.2 Å². The van der Waals surface area contributed by atoms with Crippen LogP contribution in [0.4, 0.5) is 13.2 Å². The third-order valence-electron chi connectivity index (χ3n) is 2.16. The SMILES string of the molecule is N#Cc1ccc(Oc2ccc(C(F)(F)F)cc2)nn1. The van der Waals surface area contributed by atoms with Crippen LogP contribution in [0.2, 0.25) is 0 Å². The molecule has 0 spiro atoms. The number of nitriles is 1. The molecule has 0 saturated carbocycles. The molecule has 96 valence electrons. The minimum Gasteiger partial charge on any atom is -0.438 e. The number of hydrogen-bond donors (Lipinski definition) is 0. The Balaban J connectivity index is 2.13. The molecule has 7 heteroatoms. The average Bonchev–Trinajstić information content (AvgIpc) is 2.39. The molecular weight excluding hydrogens is 259 g/mol. The molecule has 1 aromatic carbocycles. The maximum Gasteiger partial charge on any atom is 0.416 e. The van der Waals surface area contributed by atoms with Gasteiger partial charge < -0.3 is 4.74 Å². The highest BCUT2D eigenvalue weighted by molar-refractivity contribution is 5.32. The standard InChI is InChI=1S/C12H6F3N3O/c13-12(14,15)8-1-4-10(5-2-8)19-11-6-3-9(7-16)17-18-11/h1-6H. The third-order valence-corrected chi connectivity index (χ3v) is 2.16. The first kappa shape index (κ1) is 12.8. The summed E-state index contributed by atoms with van der Waals surface area (Å²) in [5.41, 5.74) is -0.634. The number of alkyl halides is 3. The van der Waals surface area contributed by atoms with E-state index in [0.29, 0.717) is 0 Å². The molecule has 0 radical (unpaired) electrons. The fourth-order valence-corrected chi connectivity index (χ4v) is 1.27. The van der Waals surface area contributed by atoms with Crippen LogP contribution in [0, 0.1) is 11.3 Å². The lowest BCUT2D eigenvalue weighted by molar-refractivity contribution is -0.137. The van der Waals surface area contributed by atoms with Gasteiger partial charge in [0.2, 0.25) is 5.88 Å². The molecule has 0 amide bonds. The van der Waals surface area contributed by atoms with Gasteiger partial charge in [0.15, 0.2) is 5.69 Å². The van der Waals surface area contributed by atoms with Gasteiger partial charge >= 0.3 is 6.18 Å². The molecule has 0 fully saturated rings. The average molecular weight is 265 g/mol. The van der Waals surface area contributed by atoms with Crippen LogP contribution in [-0.2, 0) is 6.18 Å². The minimum absolute atomic E-state index is 0.0961. The topological polar surface area (TPSA) is 58.8 Å². The second-order valence-electron chi connectivity index (χ2n) is 3.49. The number of benzene rings is 1. The molecule has 4 nitrogen and oxygen atoms in total. The van der Waals surface area contributed by atoms with E-state index >= 15 is 0 Å². The van der Waals surface area contributed by atoms with Crippen LogP contribution in [0.15, 0.2) is 36.4 Å². The zero-order chi connectivity index (χ0) is 13.9. The van der Waals surface area contributed by atoms with Crippen LogP contribution in [0.1, 0.15) is 11.3 Å². The van der Waals surface area contributed by atoms with Crippen LogP contribution < -0.4 is 4.74 Å². The van der Waals surface area contributed by atoms with Gasteiger partial charge in [-0.3, -0.25) is 0 Å². The van der Waals surface area contributed by atoms with Gasteiger partial charge in [-0.1, -0.05) is 0 Å². The van der Waals surface area contributed by atoms with Gasteiger partial charge in [-0.15, -0.1) is 10.2 Å². The van der Waals surface area contributed by atoms with Gasteiger partial charge in [0.25, 0.3) is 0 Å². The van der Waals surface area contributed by atoms with Crippen molar-refractivity contribution < 1.29 is 17.9 Å². The molecule has 1 heterocycles. The van der Waals surface area contributed by atoms with Crippen LogP contribution in [0.5, 0.6) is 11.6 Å². The van der Waals surface area contributed by atoms with Crippen molar-refractivity contribution in [1.29, 1.82) is 5.26 Å². The lowest BCUT2D eigenvalue weighted by Crippen LogP contribution is -2.04. The first-order chi connectivity index (χ1) is 8.99. The van der Waals surface area contributed by atoms with Crippen molar-refractivity contribution in [2.45, 2.75) is 6.18 Å². The predicted octanol–water partition coefficient (Wildman–Crippen LogP) is 3.16. The molecule has 2 rings (SSSR count). The van der Waals surface area contributed by atoms with Crippen LogP contribution in [0.3, 0.4) is 0 Å². The summed E-state index contributed by atoms with van der Waals surface area (Å²) in [6.07, 6.45) is -4.38. The van der Waals surface area contributed by atoms with E-state index in [-0.39, 0.29) is 17.3 Å². The van der Waals surface area contributed by atoms with Gasteiger partial charge in [0.1, 0.15) is 11.8 Å². The fraction of sp³-hybridized carbons (Fsp3) is 0.0833. The number of hydrogen-bond acceptors (Lipinski definition) is 4. The Kier molecular flexibility index (Phi) is 3.33. The number of aromatic nitrogens is 2. The smallest absolute Gasteiger partial charge is 0.416 e. The second-order valence-corrected chi connectivity index (χ2v) is 3.49. The molecule has 0 unspecified atom stereocenters. The molecule has 0 saturated heterocycles.